The number of fused-ring (bicyclic) bond motifs is 1. The van der Waals surface area contributed by atoms with Gasteiger partial charge in [-0.2, -0.15) is 0 Å². The smallest absolute Gasteiger partial charge is 0.277 e. The topological polar surface area (TPSA) is 48.9 Å². The Balaban J connectivity index is 2.52. The maximum atomic E-state index is 13.5. The van der Waals surface area contributed by atoms with Crippen molar-refractivity contribution in [3.05, 3.63) is 30.1 Å². The molecule has 0 radical (unpaired) electrons. The minimum absolute atomic E-state index is 0.111. The number of aromatic amines is 1. The van der Waals surface area contributed by atoms with Gasteiger partial charge in [0.25, 0.3) is 5.92 Å². The van der Waals surface area contributed by atoms with Crippen LogP contribution in [0.5, 0.6) is 0 Å². The molecule has 15 heavy (non-hydrogen) atoms. The summed E-state index contributed by atoms with van der Waals surface area (Å²) >= 11 is 0. The summed E-state index contributed by atoms with van der Waals surface area (Å²) in [4.78, 5) is 6.60. The van der Waals surface area contributed by atoms with E-state index in [0.717, 1.165) is 0 Å². The number of H-pyrrole nitrogens is 1. The van der Waals surface area contributed by atoms with Crippen molar-refractivity contribution in [1.29, 1.82) is 0 Å². The van der Waals surface area contributed by atoms with Crippen LogP contribution in [0.25, 0.3) is 11.0 Å². The number of alkyl halides is 2. The first-order valence-corrected chi connectivity index (χ1v) is 4.56. The van der Waals surface area contributed by atoms with Crippen molar-refractivity contribution < 1.29 is 13.9 Å². The Kier molecular flexibility index (Phi) is 2.40. The molecular formula is C10H10F2N2O. The molecule has 2 rings (SSSR count). The van der Waals surface area contributed by atoms with Gasteiger partial charge in [-0.1, -0.05) is 0 Å². The SMILES string of the molecule is OCCC(F)(F)c1c[nH]c2ncccc12. The zero-order chi connectivity index (χ0) is 10.9. The lowest BCUT2D eigenvalue weighted by atomic mass is 10.1. The van der Waals surface area contributed by atoms with Gasteiger partial charge < -0.3 is 10.1 Å². The second-order valence-corrected chi connectivity index (χ2v) is 3.28. The second kappa shape index (κ2) is 3.58. The van der Waals surface area contributed by atoms with Crippen molar-refractivity contribution >= 4 is 11.0 Å². The summed E-state index contributed by atoms with van der Waals surface area (Å²) in [6.07, 6.45) is 2.20. The molecule has 0 saturated heterocycles. The van der Waals surface area contributed by atoms with Gasteiger partial charge in [-0.05, 0) is 12.1 Å². The van der Waals surface area contributed by atoms with Crippen LogP contribution < -0.4 is 0 Å². The van der Waals surface area contributed by atoms with Crippen LogP contribution in [0.15, 0.2) is 24.5 Å². The molecule has 0 amide bonds. The normalized spacial score (nSPS) is 12.2. The van der Waals surface area contributed by atoms with Gasteiger partial charge in [0.2, 0.25) is 0 Å². The van der Waals surface area contributed by atoms with Crippen molar-refractivity contribution in [3.8, 4) is 0 Å². The molecule has 0 saturated carbocycles. The zero-order valence-corrected chi connectivity index (χ0v) is 7.87. The first-order valence-electron chi connectivity index (χ1n) is 4.56. The van der Waals surface area contributed by atoms with Crippen LogP contribution in [0.2, 0.25) is 0 Å². The Labute approximate surface area is 84.8 Å². The molecule has 2 aromatic rings. The lowest BCUT2D eigenvalue weighted by Crippen LogP contribution is -2.14. The zero-order valence-electron chi connectivity index (χ0n) is 7.87. The van der Waals surface area contributed by atoms with E-state index in [0.29, 0.717) is 11.0 Å². The molecule has 0 bridgehead atoms. The van der Waals surface area contributed by atoms with Crippen molar-refractivity contribution in [1.82, 2.24) is 9.97 Å². The van der Waals surface area contributed by atoms with Crippen LogP contribution in [-0.4, -0.2) is 21.7 Å². The van der Waals surface area contributed by atoms with Gasteiger partial charge in [-0.25, -0.2) is 13.8 Å². The van der Waals surface area contributed by atoms with Crippen molar-refractivity contribution in [2.45, 2.75) is 12.3 Å². The first-order chi connectivity index (χ1) is 7.15. The Hall–Kier alpha value is -1.49. The van der Waals surface area contributed by atoms with Crippen LogP contribution in [0.3, 0.4) is 0 Å². The standard InChI is InChI=1S/C10H10F2N2O/c11-10(12,3-5-15)8-6-14-9-7(8)2-1-4-13-9/h1-2,4,6,15H,3,5H2,(H,13,14). The van der Waals surface area contributed by atoms with E-state index in [2.05, 4.69) is 9.97 Å². The van der Waals surface area contributed by atoms with Gasteiger partial charge >= 0.3 is 0 Å². The fourth-order valence-electron chi connectivity index (χ4n) is 1.53. The van der Waals surface area contributed by atoms with Crippen LogP contribution in [0.4, 0.5) is 8.78 Å². The summed E-state index contributed by atoms with van der Waals surface area (Å²) in [5.74, 6) is -3.02. The summed E-state index contributed by atoms with van der Waals surface area (Å²) in [5, 5.41) is 8.97. The third-order valence-corrected chi connectivity index (χ3v) is 2.27. The Morgan fingerprint density at radius 3 is 3.00 bits per heavy atom. The molecule has 80 valence electrons. The summed E-state index contributed by atoms with van der Waals surface area (Å²) < 4.78 is 27.0. The van der Waals surface area contributed by atoms with Crippen molar-refractivity contribution in [3.63, 3.8) is 0 Å². The summed E-state index contributed by atoms with van der Waals surface area (Å²) in [6.45, 7) is -0.542. The van der Waals surface area contributed by atoms with Crippen molar-refractivity contribution in [2.75, 3.05) is 6.61 Å². The number of aliphatic hydroxyl groups excluding tert-OH is 1. The number of nitrogens with one attached hydrogen (secondary N) is 1. The van der Waals surface area contributed by atoms with Crippen LogP contribution in [0.1, 0.15) is 12.0 Å². The van der Waals surface area contributed by atoms with Crippen LogP contribution in [-0.2, 0) is 5.92 Å². The Morgan fingerprint density at radius 1 is 1.47 bits per heavy atom. The minimum atomic E-state index is -3.02. The largest absolute Gasteiger partial charge is 0.396 e. The molecule has 0 unspecified atom stereocenters. The first kappa shape index (κ1) is 10.0. The predicted molar refractivity (Wildman–Crippen MR) is 51.7 cm³/mol. The van der Waals surface area contributed by atoms with E-state index in [1.807, 2.05) is 0 Å². The number of pyridine rings is 1. The quantitative estimate of drug-likeness (QED) is 0.817. The van der Waals surface area contributed by atoms with Gasteiger partial charge in [0.15, 0.2) is 0 Å². The highest BCUT2D eigenvalue weighted by molar-refractivity contribution is 5.80. The van der Waals surface area contributed by atoms with E-state index in [-0.39, 0.29) is 5.56 Å². The Bertz CT molecular complexity index is 467. The lowest BCUT2D eigenvalue weighted by molar-refractivity contribution is -0.0255. The van der Waals surface area contributed by atoms with Gasteiger partial charge in [0.05, 0.1) is 0 Å². The third kappa shape index (κ3) is 1.70. The minimum Gasteiger partial charge on any atom is -0.396 e. The van der Waals surface area contributed by atoms with Crippen LogP contribution >= 0.6 is 0 Å². The second-order valence-electron chi connectivity index (χ2n) is 3.28. The maximum Gasteiger partial charge on any atom is 0.277 e. The van der Waals surface area contributed by atoms with Gasteiger partial charge in [0.1, 0.15) is 5.65 Å². The van der Waals surface area contributed by atoms with E-state index in [9.17, 15) is 8.78 Å². The molecule has 0 aliphatic rings. The summed E-state index contributed by atoms with van der Waals surface area (Å²) in [7, 11) is 0. The van der Waals surface area contributed by atoms with Gasteiger partial charge in [-0.15, -0.1) is 0 Å². The molecule has 2 heterocycles. The van der Waals surface area contributed by atoms with Crippen LogP contribution in [0, 0.1) is 0 Å². The highest BCUT2D eigenvalue weighted by Gasteiger charge is 2.33. The number of nitrogens with zero attached hydrogens (tertiary/aromatic N) is 1. The average Bonchev–Trinajstić information content (AvgIpc) is 2.61. The molecule has 2 aromatic heterocycles. The van der Waals surface area contributed by atoms with Gasteiger partial charge in [-0.3, -0.25) is 0 Å². The molecule has 3 nitrogen and oxygen atoms in total. The number of aromatic nitrogens is 2. The predicted octanol–water partition coefficient (Wildman–Crippen LogP) is 2.04. The maximum absolute atomic E-state index is 13.5. The monoisotopic (exact) mass is 212 g/mol. The molecule has 0 aromatic carbocycles. The molecule has 0 aliphatic carbocycles. The fraction of sp³-hybridized carbons (Fsp3) is 0.300. The van der Waals surface area contributed by atoms with E-state index in [1.165, 1.54) is 12.4 Å². The summed E-state index contributed by atoms with van der Waals surface area (Å²) in [5.41, 5.74) is 0.324. The molecule has 2 N–H and O–H groups in total. The van der Waals surface area contributed by atoms with E-state index < -0.39 is 19.0 Å². The highest BCUT2D eigenvalue weighted by Crippen LogP contribution is 2.35. The highest BCUT2D eigenvalue weighted by atomic mass is 19.3. The Morgan fingerprint density at radius 2 is 2.27 bits per heavy atom. The average molecular weight is 212 g/mol. The lowest BCUT2D eigenvalue weighted by Gasteiger charge is -2.13. The molecule has 0 spiro atoms. The molecule has 0 atom stereocenters. The number of aliphatic hydroxyl groups is 1. The van der Waals surface area contributed by atoms with Gasteiger partial charge in [0, 0.05) is 36.4 Å². The molecule has 5 heteroatoms. The molecular weight excluding hydrogens is 202 g/mol. The third-order valence-electron chi connectivity index (χ3n) is 2.27. The molecule has 0 aliphatic heterocycles. The number of rotatable bonds is 3. The number of hydrogen-bond acceptors (Lipinski definition) is 2. The van der Waals surface area contributed by atoms with E-state index >= 15 is 0 Å². The number of hydrogen-bond donors (Lipinski definition) is 2. The summed E-state index contributed by atoms with van der Waals surface area (Å²) in [6, 6.07) is 3.19. The van der Waals surface area contributed by atoms with Crippen molar-refractivity contribution in [2.24, 2.45) is 0 Å². The number of halogens is 2. The molecule has 0 fully saturated rings. The fourth-order valence-corrected chi connectivity index (χ4v) is 1.53. The van der Waals surface area contributed by atoms with E-state index in [1.54, 1.807) is 12.1 Å². The van der Waals surface area contributed by atoms with E-state index in [4.69, 9.17) is 5.11 Å².